The highest BCUT2D eigenvalue weighted by Gasteiger charge is 2.22. The van der Waals surface area contributed by atoms with Crippen LogP contribution in [0.4, 0.5) is 4.79 Å². The van der Waals surface area contributed by atoms with Crippen molar-refractivity contribution in [3.05, 3.63) is 41.2 Å². The summed E-state index contributed by atoms with van der Waals surface area (Å²) in [4.78, 5) is 14.1. The summed E-state index contributed by atoms with van der Waals surface area (Å²) in [5.74, 6) is 1.41. The first kappa shape index (κ1) is 15.2. The van der Waals surface area contributed by atoms with Crippen molar-refractivity contribution in [1.82, 2.24) is 20.4 Å². The maximum absolute atomic E-state index is 12.3. The summed E-state index contributed by atoms with van der Waals surface area (Å²) in [7, 11) is 3.24. The maximum Gasteiger partial charge on any atom is 0.318 e. The van der Waals surface area contributed by atoms with Crippen molar-refractivity contribution in [2.75, 3.05) is 20.8 Å². The van der Waals surface area contributed by atoms with Crippen LogP contribution in [0.5, 0.6) is 11.5 Å². The zero-order chi connectivity index (χ0) is 16.2. The summed E-state index contributed by atoms with van der Waals surface area (Å²) in [5.41, 5.74) is 3.16. The summed E-state index contributed by atoms with van der Waals surface area (Å²) in [6, 6.07) is 5.69. The number of rotatable bonds is 4. The zero-order valence-electron chi connectivity index (χ0n) is 13.3. The van der Waals surface area contributed by atoms with Crippen molar-refractivity contribution in [3.8, 4) is 11.5 Å². The van der Waals surface area contributed by atoms with Crippen LogP contribution >= 0.6 is 0 Å². The fraction of sp³-hybridized carbons (Fsp3) is 0.375. The summed E-state index contributed by atoms with van der Waals surface area (Å²) in [5, 5.41) is 9.58. The van der Waals surface area contributed by atoms with E-state index in [0.717, 1.165) is 23.4 Å². The van der Waals surface area contributed by atoms with Crippen LogP contribution in [-0.4, -0.2) is 41.9 Å². The lowest BCUT2D eigenvalue weighted by atomic mass is 9.99. The Morgan fingerprint density at radius 3 is 2.70 bits per heavy atom. The molecule has 7 nitrogen and oxygen atoms in total. The SMILES string of the molecule is COc1cc2c(cc1OC)CN(C(=O)NCc1ccn[nH]1)CC2. The topological polar surface area (TPSA) is 79.5 Å². The van der Waals surface area contributed by atoms with Gasteiger partial charge in [0.1, 0.15) is 0 Å². The van der Waals surface area contributed by atoms with Gasteiger partial charge in [0.05, 0.1) is 26.5 Å². The minimum atomic E-state index is -0.0833. The molecule has 0 fully saturated rings. The number of hydrogen-bond donors (Lipinski definition) is 2. The van der Waals surface area contributed by atoms with E-state index in [4.69, 9.17) is 9.47 Å². The van der Waals surface area contributed by atoms with Gasteiger partial charge in [-0.1, -0.05) is 0 Å². The van der Waals surface area contributed by atoms with Gasteiger partial charge in [0.2, 0.25) is 0 Å². The zero-order valence-corrected chi connectivity index (χ0v) is 13.3. The van der Waals surface area contributed by atoms with E-state index in [1.165, 1.54) is 5.56 Å². The molecule has 2 amide bonds. The first-order valence-corrected chi connectivity index (χ1v) is 7.46. The van der Waals surface area contributed by atoms with Gasteiger partial charge in [0.15, 0.2) is 11.5 Å². The minimum absolute atomic E-state index is 0.0833. The van der Waals surface area contributed by atoms with E-state index in [0.29, 0.717) is 25.4 Å². The van der Waals surface area contributed by atoms with Crippen molar-refractivity contribution >= 4 is 6.03 Å². The minimum Gasteiger partial charge on any atom is -0.493 e. The van der Waals surface area contributed by atoms with Gasteiger partial charge in [-0.25, -0.2) is 4.79 Å². The number of hydrogen-bond acceptors (Lipinski definition) is 4. The third-order valence-electron chi connectivity index (χ3n) is 3.99. The molecule has 0 aliphatic carbocycles. The van der Waals surface area contributed by atoms with Crippen molar-refractivity contribution in [1.29, 1.82) is 0 Å². The van der Waals surface area contributed by atoms with Crippen LogP contribution in [0.1, 0.15) is 16.8 Å². The summed E-state index contributed by atoms with van der Waals surface area (Å²) in [6.45, 7) is 1.68. The predicted molar refractivity (Wildman–Crippen MR) is 84.5 cm³/mol. The number of amides is 2. The lowest BCUT2D eigenvalue weighted by molar-refractivity contribution is 0.191. The van der Waals surface area contributed by atoms with Crippen LogP contribution in [0, 0.1) is 0 Å². The predicted octanol–water partition coefficient (Wildman–Crippen LogP) is 1.69. The normalized spacial score (nSPS) is 13.4. The molecule has 1 aromatic carbocycles. The molecule has 23 heavy (non-hydrogen) atoms. The Morgan fingerprint density at radius 2 is 2.04 bits per heavy atom. The van der Waals surface area contributed by atoms with Crippen molar-refractivity contribution in [2.24, 2.45) is 0 Å². The molecule has 0 atom stereocenters. The molecule has 1 aliphatic rings. The molecular formula is C16H20N4O3. The Balaban J connectivity index is 1.68. The third kappa shape index (κ3) is 3.23. The summed E-state index contributed by atoms with van der Waals surface area (Å²) < 4.78 is 10.7. The molecule has 0 unspecified atom stereocenters. The lowest BCUT2D eigenvalue weighted by Gasteiger charge is -2.29. The van der Waals surface area contributed by atoms with Gasteiger partial charge in [0.25, 0.3) is 0 Å². The highest BCUT2D eigenvalue weighted by atomic mass is 16.5. The number of benzene rings is 1. The second kappa shape index (κ2) is 6.60. The van der Waals surface area contributed by atoms with Gasteiger partial charge in [-0.2, -0.15) is 5.10 Å². The number of fused-ring (bicyclic) bond motifs is 1. The first-order chi connectivity index (χ1) is 11.2. The van der Waals surface area contributed by atoms with Crippen molar-refractivity contribution < 1.29 is 14.3 Å². The molecule has 3 rings (SSSR count). The number of aromatic amines is 1. The maximum atomic E-state index is 12.3. The number of aromatic nitrogens is 2. The fourth-order valence-corrected chi connectivity index (χ4v) is 2.72. The number of H-pyrrole nitrogens is 1. The highest BCUT2D eigenvalue weighted by molar-refractivity contribution is 5.74. The number of carbonyl (C=O) groups is 1. The molecule has 2 aromatic rings. The van der Waals surface area contributed by atoms with E-state index in [9.17, 15) is 4.79 Å². The number of urea groups is 1. The second-order valence-electron chi connectivity index (χ2n) is 5.39. The summed E-state index contributed by atoms with van der Waals surface area (Å²) >= 11 is 0. The second-order valence-corrected chi connectivity index (χ2v) is 5.39. The van der Waals surface area contributed by atoms with E-state index < -0.39 is 0 Å². The molecule has 0 radical (unpaired) electrons. The smallest absolute Gasteiger partial charge is 0.318 e. The molecular weight excluding hydrogens is 296 g/mol. The number of methoxy groups -OCH3 is 2. The van der Waals surface area contributed by atoms with Crippen LogP contribution in [0.25, 0.3) is 0 Å². The quantitative estimate of drug-likeness (QED) is 0.900. The number of ether oxygens (including phenoxy) is 2. The average Bonchev–Trinajstić information content (AvgIpc) is 3.11. The molecule has 2 N–H and O–H groups in total. The molecule has 122 valence electrons. The van der Waals surface area contributed by atoms with Crippen LogP contribution < -0.4 is 14.8 Å². The number of nitrogens with zero attached hydrogens (tertiary/aromatic N) is 2. The molecule has 0 spiro atoms. The highest BCUT2D eigenvalue weighted by Crippen LogP contribution is 2.33. The standard InChI is InChI=1S/C16H20N4O3/c1-22-14-7-11-4-6-20(10-12(11)8-15(14)23-2)16(21)17-9-13-3-5-18-19-13/h3,5,7-8H,4,6,9-10H2,1-2H3,(H,17,21)(H,18,19). The fourth-order valence-electron chi connectivity index (χ4n) is 2.72. The largest absolute Gasteiger partial charge is 0.493 e. The van der Waals surface area contributed by atoms with E-state index in [2.05, 4.69) is 15.5 Å². The molecule has 7 heteroatoms. The van der Waals surface area contributed by atoms with E-state index in [1.807, 2.05) is 18.2 Å². The summed E-state index contributed by atoms with van der Waals surface area (Å²) in [6.07, 6.45) is 2.46. The monoisotopic (exact) mass is 316 g/mol. The number of nitrogens with one attached hydrogen (secondary N) is 2. The van der Waals surface area contributed by atoms with Gasteiger partial charge >= 0.3 is 6.03 Å². The molecule has 0 bridgehead atoms. The van der Waals surface area contributed by atoms with E-state index in [1.54, 1.807) is 25.3 Å². The van der Waals surface area contributed by atoms with Gasteiger partial charge in [0, 0.05) is 19.3 Å². The molecule has 0 saturated carbocycles. The Morgan fingerprint density at radius 1 is 1.30 bits per heavy atom. The third-order valence-corrected chi connectivity index (χ3v) is 3.99. The van der Waals surface area contributed by atoms with Crippen molar-refractivity contribution in [2.45, 2.75) is 19.5 Å². The molecule has 1 aromatic heterocycles. The van der Waals surface area contributed by atoms with Crippen molar-refractivity contribution in [3.63, 3.8) is 0 Å². The molecule has 1 aliphatic heterocycles. The van der Waals surface area contributed by atoms with Gasteiger partial charge in [-0.05, 0) is 35.7 Å². The average molecular weight is 316 g/mol. The van der Waals surface area contributed by atoms with Gasteiger partial charge < -0.3 is 19.7 Å². The Hall–Kier alpha value is -2.70. The Labute approximate surface area is 134 Å². The molecule has 2 heterocycles. The van der Waals surface area contributed by atoms with Crippen LogP contribution in [0.2, 0.25) is 0 Å². The Bertz CT molecular complexity index is 685. The van der Waals surface area contributed by atoms with E-state index >= 15 is 0 Å². The van der Waals surface area contributed by atoms with Crippen LogP contribution in [-0.2, 0) is 19.5 Å². The first-order valence-electron chi connectivity index (χ1n) is 7.46. The van der Waals surface area contributed by atoms with E-state index in [-0.39, 0.29) is 6.03 Å². The lowest BCUT2D eigenvalue weighted by Crippen LogP contribution is -2.42. The number of carbonyl (C=O) groups excluding carboxylic acids is 1. The van der Waals surface area contributed by atoms with Gasteiger partial charge in [-0.3, -0.25) is 5.10 Å². The van der Waals surface area contributed by atoms with Gasteiger partial charge in [-0.15, -0.1) is 0 Å². The molecule has 0 saturated heterocycles. The van der Waals surface area contributed by atoms with Crippen LogP contribution in [0.3, 0.4) is 0 Å². The van der Waals surface area contributed by atoms with Crippen LogP contribution in [0.15, 0.2) is 24.4 Å². The Kier molecular flexibility index (Phi) is 4.36.